The molecule has 0 radical (unpaired) electrons. The number of anilines is 1. The van der Waals surface area contributed by atoms with Gasteiger partial charge in [0.15, 0.2) is 5.82 Å². The summed E-state index contributed by atoms with van der Waals surface area (Å²) in [7, 11) is 0. The van der Waals surface area contributed by atoms with Crippen LogP contribution in [0.4, 0.5) is 22.6 Å². The van der Waals surface area contributed by atoms with E-state index in [-0.39, 0.29) is 5.56 Å². The topological polar surface area (TPSA) is 46.8 Å². The van der Waals surface area contributed by atoms with Gasteiger partial charge in [-0.1, -0.05) is 0 Å². The van der Waals surface area contributed by atoms with Crippen LogP contribution in [0.25, 0.3) is 0 Å². The van der Waals surface area contributed by atoms with Crippen LogP contribution in [0.5, 0.6) is 0 Å². The van der Waals surface area contributed by atoms with E-state index in [1.54, 1.807) is 16.2 Å². The molecule has 2 aromatic heterocycles. The smallest absolute Gasteiger partial charge is 0.362 e. The lowest BCUT2D eigenvalue weighted by Crippen LogP contribution is -2.42. The molecule has 6 rings (SSSR count). The number of benzene rings is 1. The van der Waals surface area contributed by atoms with Crippen LogP contribution < -0.4 is 4.90 Å². The molecular formula is C25H27F4N5S. The predicted octanol–water partition coefficient (Wildman–Crippen LogP) is 5.83. The summed E-state index contributed by atoms with van der Waals surface area (Å²) in [6.45, 7) is 4.64. The van der Waals surface area contributed by atoms with Gasteiger partial charge in [-0.05, 0) is 91.7 Å². The van der Waals surface area contributed by atoms with Gasteiger partial charge in [0.25, 0.3) is 0 Å². The Kier molecular flexibility index (Phi) is 5.62. The average Bonchev–Trinajstić information content (AvgIpc) is 3.48. The van der Waals surface area contributed by atoms with Gasteiger partial charge in [-0.15, -0.1) is 0 Å². The number of fused-ring (bicyclic) bond motifs is 3. The van der Waals surface area contributed by atoms with Gasteiger partial charge >= 0.3 is 6.18 Å². The van der Waals surface area contributed by atoms with Crippen molar-refractivity contribution in [3.05, 3.63) is 58.6 Å². The molecule has 2 fully saturated rings. The Morgan fingerprint density at radius 1 is 1.09 bits per heavy atom. The zero-order valence-corrected chi connectivity index (χ0v) is 20.2. The van der Waals surface area contributed by atoms with E-state index in [1.807, 2.05) is 6.92 Å². The van der Waals surface area contributed by atoms with Gasteiger partial charge in [0.2, 0.25) is 0 Å². The molecule has 0 amide bonds. The quantitative estimate of drug-likeness (QED) is 0.419. The Morgan fingerprint density at radius 3 is 2.54 bits per heavy atom. The summed E-state index contributed by atoms with van der Waals surface area (Å²) in [6.07, 6.45) is -0.254. The van der Waals surface area contributed by atoms with Crippen molar-refractivity contribution < 1.29 is 17.6 Å². The van der Waals surface area contributed by atoms with Gasteiger partial charge in [0.05, 0.1) is 11.3 Å². The van der Waals surface area contributed by atoms with Gasteiger partial charge < -0.3 is 4.90 Å². The third-order valence-electron chi connectivity index (χ3n) is 7.99. The minimum Gasteiger partial charge on any atom is -0.362 e. The molecular weight excluding hydrogens is 478 g/mol. The summed E-state index contributed by atoms with van der Waals surface area (Å²) >= 11 is 1.55. The second-order valence-corrected chi connectivity index (χ2v) is 11.0. The summed E-state index contributed by atoms with van der Waals surface area (Å²) in [5, 5.41) is 5.95. The highest BCUT2D eigenvalue weighted by Crippen LogP contribution is 2.46. The third kappa shape index (κ3) is 4.23. The Bertz CT molecular complexity index is 1220. The zero-order chi connectivity index (χ0) is 24.3. The monoisotopic (exact) mass is 505 g/mol. The van der Waals surface area contributed by atoms with E-state index in [1.165, 1.54) is 17.8 Å². The van der Waals surface area contributed by atoms with Gasteiger partial charge in [0, 0.05) is 32.0 Å². The fourth-order valence-corrected chi connectivity index (χ4v) is 7.20. The molecule has 1 aliphatic carbocycles. The number of piperidine rings is 1. The van der Waals surface area contributed by atoms with Crippen LogP contribution >= 0.6 is 11.5 Å². The molecule has 2 aliphatic heterocycles. The first-order valence-electron chi connectivity index (χ1n) is 12.2. The second kappa shape index (κ2) is 8.57. The minimum absolute atomic E-state index is 0.0365. The zero-order valence-electron chi connectivity index (χ0n) is 19.4. The van der Waals surface area contributed by atoms with Crippen molar-refractivity contribution in [2.75, 3.05) is 18.0 Å². The molecule has 3 aliphatic rings. The number of hydrogen-bond acceptors (Lipinski definition) is 5. The molecule has 1 saturated carbocycles. The lowest BCUT2D eigenvalue weighted by atomic mass is 9.82. The molecule has 35 heavy (non-hydrogen) atoms. The lowest BCUT2D eigenvalue weighted by Gasteiger charge is -2.38. The summed E-state index contributed by atoms with van der Waals surface area (Å²) < 4.78 is 61.3. The van der Waals surface area contributed by atoms with E-state index in [9.17, 15) is 17.6 Å². The van der Waals surface area contributed by atoms with E-state index in [0.717, 1.165) is 43.4 Å². The summed E-state index contributed by atoms with van der Waals surface area (Å²) in [5.74, 6) is 1.55. The number of alkyl halides is 3. The highest BCUT2D eigenvalue weighted by atomic mass is 32.1. The summed E-state index contributed by atoms with van der Waals surface area (Å²) in [6, 6.07) is 4.89. The van der Waals surface area contributed by atoms with Crippen molar-refractivity contribution >= 4 is 16.5 Å². The molecule has 3 aromatic rings. The molecule has 10 heteroatoms. The molecule has 4 atom stereocenters. The molecule has 0 spiro atoms. The molecule has 1 saturated heterocycles. The predicted molar refractivity (Wildman–Crippen MR) is 125 cm³/mol. The maximum Gasteiger partial charge on any atom is 0.416 e. The SMILES string of the molecule is Cc1cc(N2C[C@H]3CC[C@@H](C2)C3Cc2nc3n(n2)CCCC3c2cc(F)ccc2C(F)(F)F)sn1. The van der Waals surface area contributed by atoms with Crippen LogP contribution in [0, 0.1) is 30.5 Å². The van der Waals surface area contributed by atoms with Crippen LogP contribution in [-0.4, -0.2) is 32.2 Å². The van der Waals surface area contributed by atoms with Crippen LogP contribution in [0.3, 0.4) is 0 Å². The van der Waals surface area contributed by atoms with Crippen molar-refractivity contribution in [2.45, 2.75) is 57.7 Å². The van der Waals surface area contributed by atoms with Crippen LogP contribution in [-0.2, 0) is 19.1 Å². The van der Waals surface area contributed by atoms with E-state index in [2.05, 4.69) is 15.3 Å². The normalized spacial score (nSPS) is 26.3. The minimum atomic E-state index is -4.54. The van der Waals surface area contributed by atoms with Gasteiger partial charge in [-0.2, -0.15) is 22.6 Å². The van der Waals surface area contributed by atoms with Crippen molar-refractivity contribution in [2.24, 2.45) is 17.8 Å². The van der Waals surface area contributed by atoms with E-state index in [0.29, 0.717) is 48.8 Å². The fourth-order valence-electron chi connectivity index (χ4n) is 6.42. The molecule has 2 unspecified atom stereocenters. The number of aromatic nitrogens is 4. The number of hydrogen-bond donors (Lipinski definition) is 0. The molecule has 1 aromatic carbocycles. The van der Waals surface area contributed by atoms with Crippen molar-refractivity contribution in [3.8, 4) is 0 Å². The van der Waals surface area contributed by atoms with Crippen molar-refractivity contribution in [1.82, 2.24) is 19.1 Å². The number of rotatable bonds is 4. The maximum absolute atomic E-state index is 14.0. The van der Waals surface area contributed by atoms with Crippen molar-refractivity contribution in [3.63, 3.8) is 0 Å². The second-order valence-electron chi connectivity index (χ2n) is 10.2. The van der Waals surface area contributed by atoms with Gasteiger partial charge in [0.1, 0.15) is 16.6 Å². The van der Waals surface area contributed by atoms with Gasteiger partial charge in [-0.3, -0.25) is 0 Å². The molecule has 2 bridgehead atoms. The van der Waals surface area contributed by atoms with Crippen LogP contribution in [0.1, 0.15) is 60.1 Å². The highest BCUT2D eigenvalue weighted by molar-refractivity contribution is 7.10. The Balaban J connectivity index is 1.25. The first-order chi connectivity index (χ1) is 16.8. The van der Waals surface area contributed by atoms with Gasteiger partial charge in [-0.25, -0.2) is 14.1 Å². The number of halogens is 4. The fraction of sp³-hybridized carbons (Fsp3) is 0.560. The van der Waals surface area contributed by atoms with E-state index in [4.69, 9.17) is 10.1 Å². The Hall–Kier alpha value is -2.49. The van der Waals surface area contributed by atoms with E-state index < -0.39 is 23.5 Å². The average molecular weight is 506 g/mol. The Labute approximate surface area is 205 Å². The highest BCUT2D eigenvalue weighted by Gasteiger charge is 2.43. The van der Waals surface area contributed by atoms with E-state index >= 15 is 0 Å². The number of nitrogens with zero attached hydrogens (tertiary/aromatic N) is 5. The third-order valence-corrected chi connectivity index (χ3v) is 8.93. The number of aryl methyl sites for hydroxylation is 2. The lowest BCUT2D eigenvalue weighted by molar-refractivity contribution is -0.138. The van der Waals surface area contributed by atoms with Crippen molar-refractivity contribution in [1.29, 1.82) is 0 Å². The first-order valence-corrected chi connectivity index (χ1v) is 13.0. The molecule has 0 N–H and O–H groups in total. The molecule has 4 heterocycles. The summed E-state index contributed by atoms with van der Waals surface area (Å²) in [4.78, 5) is 7.23. The Morgan fingerprint density at radius 2 is 1.86 bits per heavy atom. The largest absolute Gasteiger partial charge is 0.416 e. The van der Waals surface area contributed by atoms with Crippen LogP contribution in [0.2, 0.25) is 0 Å². The standard InChI is InChI=1S/C25H27F4N5S/c1-14-9-23(35-32-14)33-12-15-4-5-16(13-33)19(15)11-22-30-24-18(3-2-8-34(24)31-22)20-10-17(26)6-7-21(20)25(27,28)29/h6-7,9-10,15-16,18-19H,2-5,8,11-13H2,1H3/t15-,16+,18?,19?. The van der Waals surface area contributed by atoms with Crippen LogP contribution in [0.15, 0.2) is 24.3 Å². The first kappa shape index (κ1) is 22.9. The molecule has 186 valence electrons. The maximum atomic E-state index is 14.0. The summed E-state index contributed by atoms with van der Waals surface area (Å²) in [5.41, 5.74) is 0.227. The molecule has 5 nitrogen and oxygen atoms in total.